The topological polar surface area (TPSA) is 877 Å². The smallest absolute Gasteiger partial charge is 0.344 e. The average molecular weight is 1880 g/mol. The summed E-state index contributed by atoms with van der Waals surface area (Å²) >= 11 is 0. The highest BCUT2D eigenvalue weighted by Gasteiger charge is 2.58. The van der Waals surface area contributed by atoms with E-state index in [-0.39, 0.29) is 30.3 Å². The second-order valence-corrected chi connectivity index (χ2v) is 28.7. The molecule has 10 aromatic carbocycles. The van der Waals surface area contributed by atoms with Gasteiger partial charge in [-0.05, 0) is 84.9 Å². The molecule has 0 saturated carbocycles. The van der Waals surface area contributed by atoms with Gasteiger partial charge in [0.15, 0.2) is 162 Å². The molecular formula is C82H58O52. The SMILES string of the molecule is O=C(OC1[C@@H]2OC(=O)c3cc(O)c(O)c(O)c3-c3c(cc(O)c(O)c3O)C(=O)OCC2O[C@H](OC(=O)c2cc(O)c(O)c(O)c2Oc2cc(C(=O)O[C@@H]3OC4COC(=O)c5cc(O)c(O)c(O)c5-c5c(cc(O)c(O)c5O)C(=O)O[C@@H]4[C@H](OC(=O)c4cc(O)c(O)c(O)c4)C3OC(=O)c3cc(O)c(O)c(O)c3)cc(O)c2O)[C@@H]1OC(=O)c1cc(O)c(O)c(O)c1)c1cc(O)c(O)c(O)c1. The summed E-state index contributed by atoms with van der Waals surface area (Å²) in [6.45, 7) is -3.14. The van der Waals surface area contributed by atoms with E-state index in [4.69, 9.17) is 61.6 Å². The summed E-state index contributed by atoms with van der Waals surface area (Å²) in [4.78, 5) is 148. The molecular weight excluding hydrogens is 1820 g/mol. The van der Waals surface area contributed by atoms with Gasteiger partial charge < -0.3 is 210 Å². The molecule has 0 spiro atoms. The third-order valence-corrected chi connectivity index (χ3v) is 20.4. The molecule has 2 fully saturated rings. The molecule has 52 heteroatoms. The normalized spacial score (nSPS) is 19.1. The fourth-order valence-electron chi connectivity index (χ4n) is 13.9. The van der Waals surface area contributed by atoms with E-state index < -0.39 is 390 Å². The van der Waals surface area contributed by atoms with E-state index in [1.165, 1.54) is 0 Å². The summed E-state index contributed by atoms with van der Waals surface area (Å²) in [5.41, 5.74) is -17.0. The molecule has 0 amide bonds. The van der Waals surface area contributed by atoms with Gasteiger partial charge in [-0.15, -0.1) is 0 Å². The van der Waals surface area contributed by atoms with Crippen LogP contribution in [0.1, 0.15) is 104 Å². The molecule has 4 heterocycles. The first-order valence-corrected chi connectivity index (χ1v) is 37.0. The fraction of sp³-hybridized carbons (Fsp3) is 0.146. The van der Waals surface area contributed by atoms with Crippen molar-refractivity contribution in [1.29, 1.82) is 0 Å². The van der Waals surface area contributed by atoms with Crippen LogP contribution in [0.2, 0.25) is 0 Å². The van der Waals surface area contributed by atoms with Crippen molar-refractivity contribution in [2.75, 3.05) is 13.2 Å². The van der Waals surface area contributed by atoms with Crippen LogP contribution < -0.4 is 4.74 Å². The Balaban J connectivity index is 0.880. The van der Waals surface area contributed by atoms with Gasteiger partial charge >= 0.3 is 59.7 Å². The Morgan fingerprint density at radius 1 is 0.246 bits per heavy atom. The Hall–Kier alpha value is -19.2. The van der Waals surface area contributed by atoms with Crippen molar-refractivity contribution in [2.24, 2.45) is 0 Å². The first-order valence-electron chi connectivity index (χ1n) is 37.0. The number of ether oxygens (including phenoxy) is 13. The first-order chi connectivity index (χ1) is 63.0. The number of fused-ring (bicyclic) bond motifs is 8. The van der Waals surface area contributed by atoms with Gasteiger partial charge in [-0.1, -0.05) is 0 Å². The molecule has 4 aliphatic heterocycles. The maximum atomic E-state index is 15.4. The number of hydrogen-bond acceptors (Lipinski definition) is 52. The van der Waals surface area contributed by atoms with E-state index in [9.17, 15) is 182 Å². The third kappa shape index (κ3) is 16.2. The van der Waals surface area contributed by atoms with Gasteiger partial charge in [0.1, 0.15) is 31.0 Å². The van der Waals surface area contributed by atoms with Crippen molar-refractivity contribution in [2.45, 2.75) is 61.4 Å². The Morgan fingerprint density at radius 3 is 0.791 bits per heavy atom. The lowest BCUT2D eigenvalue weighted by molar-refractivity contribution is -0.282. The second-order valence-electron chi connectivity index (χ2n) is 28.7. The van der Waals surface area contributed by atoms with Gasteiger partial charge in [0.05, 0.1) is 50.1 Å². The van der Waals surface area contributed by atoms with Crippen LogP contribution in [-0.2, 0) is 56.8 Å². The third-order valence-electron chi connectivity index (χ3n) is 20.4. The number of hydrogen-bond donors (Lipinski definition) is 29. The van der Waals surface area contributed by atoms with Crippen molar-refractivity contribution in [3.05, 3.63) is 147 Å². The molecule has 2 saturated heterocycles. The molecule has 52 nitrogen and oxygen atoms in total. The first kappa shape index (κ1) is 91.0. The van der Waals surface area contributed by atoms with Crippen LogP contribution in [0.25, 0.3) is 22.3 Å². The molecule has 4 aliphatic rings. The average Bonchev–Trinajstić information content (AvgIpc) is 1.27. The molecule has 14 rings (SSSR count). The molecule has 10 aromatic rings. The lowest BCUT2D eigenvalue weighted by atomic mass is 9.92. The maximum Gasteiger partial charge on any atom is 0.344 e. The van der Waals surface area contributed by atoms with Crippen molar-refractivity contribution in [3.63, 3.8) is 0 Å². The maximum absolute atomic E-state index is 15.4. The number of rotatable bonds is 14. The van der Waals surface area contributed by atoms with E-state index in [1.807, 2.05) is 0 Å². The molecule has 134 heavy (non-hydrogen) atoms. The van der Waals surface area contributed by atoms with Gasteiger partial charge in [-0.25, -0.2) is 47.9 Å². The van der Waals surface area contributed by atoms with E-state index in [2.05, 4.69) is 0 Å². The van der Waals surface area contributed by atoms with Gasteiger partial charge in [0.2, 0.25) is 65.0 Å². The minimum atomic E-state index is -3.10. The molecule has 0 bridgehead atoms. The minimum absolute atomic E-state index is 0.102. The lowest BCUT2D eigenvalue weighted by Crippen LogP contribution is -2.63. The van der Waals surface area contributed by atoms with Gasteiger partial charge in [-0.3, -0.25) is 0 Å². The second kappa shape index (κ2) is 34.2. The lowest BCUT2D eigenvalue weighted by Gasteiger charge is -2.43. The molecule has 4 unspecified atom stereocenters. The van der Waals surface area contributed by atoms with Crippen molar-refractivity contribution in [1.82, 2.24) is 0 Å². The summed E-state index contributed by atoms with van der Waals surface area (Å²) in [5.74, 6) is -65.2. The molecule has 698 valence electrons. The van der Waals surface area contributed by atoms with Gasteiger partial charge in [0.25, 0.3) is 0 Å². The van der Waals surface area contributed by atoms with Crippen LogP contribution in [0.4, 0.5) is 0 Å². The molecule has 0 radical (unpaired) electrons. The van der Waals surface area contributed by atoms with E-state index in [0.717, 1.165) is 0 Å². The van der Waals surface area contributed by atoms with Crippen LogP contribution in [0.15, 0.2) is 91.0 Å². The largest absolute Gasteiger partial charge is 0.504 e. The van der Waals surface area contributed by atoms with Crippen LogP contribution in [0.5, 0.6) is 178 Å². The van der Waals surface area contributed by atoms with Crippen molar-refractivity contribution < 1.29 is 258 Å². The summed E-state index contributed by atoms with van der Waals surface area (Å²) in [7, 11) is 0. The Kier molecular flexibility index (Phi) is 23.2. The van der Waals surface area contributed by atoms with Crippen LogP contribution >= 0.6 is 0 Å². The highest BCUT2D eigenvalue weighted by molar-refractivity contribution is 6.11. The van der Waals surface area contributed by atoms with Crippen molar-refractivity contribution in [3.8, 4) is 200 Å². The number of cyclic esters (lactones) is 2. The standard InChI is InChI=1S/C82H58O52/c83-28-1-18(2-29(84)49(28)97)71(112)129-67-65-43(16-122-76(117)23-11-37(92)54(102)59(107)45(23)47-25(78(119)127-65)13-39(94)56(104)61(47)109)125-81(69(67)131-73(114)20-5-32(87)51(99)33(88)6-20)133-75(116)22-9-36(91)53(101)42(10-22)124-64-27(15-41(96)58(106)63(64)111)80(121)134-82-70(132-74(115)21-7-34(89)52(100)35(90)8-21)68(130-72(113)19-3-30(85)50(98)31(86)4-19)66-44(126-82)17-123-77(118)24-12-38(93)55(103)60(108)46(24)48-26(79(120)128-66)14-40(95)57(105)62(48)110/h1-15,43-44,65-70,81-111H,16-17H2/t43?,44?,65-,66+,67-,68?,69?,70+,81-,82+/m0/s1. The van der Waals surface area contributed by atoms with Crippen LogP contribution in [0, 0.1) is 0 Å². The number of carbonyl (C=O) groups is 10. The minimum Gasteiger partial charge on any atom is -0.504 e. The predicted octanol–water partition coefficient (Wildman–Crippen LogP) is 3.73. The monoisotopic (exact) mass is 1870 g/mol. The molecule has 0 aromatic heterocycles. The number of carbonyl (C=O) groups excluding carboxylic acids is 10. The summed E-state index contributed by atoms with van der Waals surface area (Å²) in [6.07, 6.45) is -28.6. The Labute approximate surface area is 736 Å². The number of phenolic OH excluding ortho intramolecular Hbond substituents is 29. The van der Waals surface area contributed by atoms with E-state index >= 15 is 14.4 Å². The zero-order valence-corrected chi connectivity index (χ0v) is 65.7. The fourth-order valence-corrected chi connectivity index (χ4v) is 13.9. The summed E-state index contributed by atoms with van der Waals surface area (Å²) < 4.78 is 74.3. The van der Waals surface area contributed by atoms with Crippen LogP contribution in [0.3, 0.4) is 0 Å². The molecule has 0 aliphatic carbocycles. The van der Waals surface area contributed by atoms with Crippen LogP contribution in [-0.4, -0.2) is 282 Å². The Morgan fingerprint density at radius 2 is 0.485 bits per heavy atom. The zero-order valence-electron chi connectivity index (χ0n) is 65.7. The predicted molar refractivity (Wildman–Crippen MR) is 415 cm³/mol. The highest BCUT2D eigenvalue weighted by Crippen LogP contribution is 2.58. The number of aromatic hydroxyl groups is 29. The van der Waals surface area contributed by atoms with E-state index in [1.54, 1.807) is 0 Å². The zero-order chi connectivity index (χ0) is 97.7. The highest BCUT2D eigenvalue weighted by atomic mass is 16.8. The number of benzene rings is 10. The number of esters is 10. The molecule has 10 atom stereocenters. The summed E-state index contributed by atoms with van der Waals surface area (Å²) in [5, 5.41) is 314. The molecule has 29 N–H and O–H groups in total. The Bertz CT molecular complexity index is 6660. The quantitative estimate of drug-likeness (QED) is 0.0419. The van der Waals surface area contributed by atoms with Gasteiger partial charge in [-0.2, -0.15) is 0 Å². The summed E-state index contributed by atoms with van der Waals surface area (Å²) in [6, 6.07) is 4.83. The van der Waals surface area contributed by atoms with Crippen molar-refractivity contribution >= 4 is 59.7 Å². The number of phenols is 29. The van der Waals surface area contributed by atoms with Gasteiger partial charge in [0, 0.05) is 28.3 Å². The van der Waals surface area contributed by atoms with E-state index in [0.29, 0.717) is 60.7 Å².